The number of hydrogen-bond donors (Lipinski definition) is 0. The number of ether oxygens (including phenoxy) is 2. The summed E-state index contributed by atoms with van der Waals surface area (Å²) in [4.78, 5) is 10.9. The highest BCUT2D eigenvalue weighted by atomic mass is 16.6. The molecule has 0 aliphatic carbocycles. The van der Waals surface area contributed by atoms with E-state index in [9.17, 15) is 4.79 Å². The van der Waals surface area contributed by atoms with Gasteiger partial charge in [-0.2, -0.15) is 0 Å². The van der Waals surface area contributed by atoms with Crippen LogP contribution in [0.4, 0.5) is 0 Å². The molecule has 0 spiro atoms. The maximum absolute atomic E-state index is 10.9. The van der Waals surface area contributed by atoms with Crippen molar-refractivity contribution in [2.45, 2.75) is 89.6 Å². The van der Waals surface area contributed by atoms with Crippen molar-refractivity contribution >= 4 is 5.97 Å². The van der Waals surface area contributed by atoms with Gasteiger partial charge in [0.15, 0.2) is 0 Å². The first-order valence-electron chi connectivity index (χ1n) is 9.81. The van der Waals surface area contributed by atoms with Crippen LogP contribution in [0.15, 0.2) is 24.3 Å². The number of unbranched alkanes of at least 4 members (excludes halogenated alkanes) is 8. The Morgan fingerprint density at radius 1 is 0.875 bits per heavy atom. The van der Waals surface area contributed by atoms with Gasteiger partial charge in [0.1, 0.15) is 0 Å². The van der Waals surface area contributed by atoms with E-state index in [1.165, 1.54) is 71.3 Å². The summed E-state index contributed by atoms with van der Waals surface area (Å²) in [5.74, 6) is -0.105. The van der Waals surface area contributed by atoms with Crippen LogP contribution in [0.3, 0.4) is 0 Å². The van der Waals surface area contributed by atoms with Crippen molar-refractivity contribution in [1.82, 2.24) is 0 Å². The molecule has 0 aromatic carbocycles. The minimum absolute atomic E-state index is 0.105. The molecule has 0 aromatic rings. The second-order valence-electron chi connectivity index (χ2n) is 6.64. The Balaban J connectivity index is 1.72. The van der Waals surface area contributed by atoms with Crippen LogP contribution in [-0.4, -0.2) is 25.8 Å². The highest BCUT2D eigenvalue weighted by molar-refractivity contribution is 5.68. The minimum Gasteiger partial charge on any atom is -0.469 e. The van der Waals surface area contributed by atoms with Gasteiger partial charge < -0.3 is 9.47 Å². The van der Waals surface area contributed by atoms with Gasteiger partial charge in [-0.25, -0.2) is 0 Å². The summed E-state index contributed by atoms with van der Waals surface area (Å²) < 4.78 is 9.81. The van der Waals surface area contributed by atoms with Gasteiger partial charge >= 0.3 is 5.97 Å². The fourth-order valence-electron chi connectivity index (χ4n) is 2.69. The van der Waals surface area contributed by atoms with Crippen molar-refractivity contribution in [2.75, 3.05) is 13.7 Å². The van der Waals surface area contributed by atoms with E-state index in [0.29, 0.717) is 12.5 Å². The van der Waals surface area contributed by atoms with Crippen molar-refractivity contribution in [2.24, 2.45) is 0 Å². The van der Waals surface area contributed by atoms with E-state index in [0.717, 1.165) is 19.4 Å². The average Bonchev–Trinajstić information content (AvgIpc) is 3.41. The van der Waals surface area contributed by atoms with Crippen LogP contribution in [-0.2, 0) is 14.3 Å². The van der Waals surface area contributed by atoms with Crippen LogP contribution in [0.5, 0.6) is 0 Å². The lowest BCUT2D eigenvalue weighted by Gasteiger charge is -1.99. The second kappa shape index (κ2) is 15.4. The molecule has 1 saturated heterocycles. The maximum Gasteiger partial charge on any atom is 0.305 e. The standard InChI is InChI=1S/C21H36O3/c1-23-21(22)18-16-14-12-10-8-6-4-2-3-5-7-9-11-13-15-17-20-19-24-20/h9-12,20H,2-8,13-19H2,1H3/b11-9-,12-10-/t20-/m0/s1. The average molecular weight is 337 g/mol. The van der Waals surface area contributed by atoms with Gasteiger partial charge in [-0.05, 0) is 57.8 Å². The first-order chi connectivity index (χ1) is 11.8. The molecular weight excluding hydrogens is 300 g/mol. The van der Waals surface area contributed by atoms with E-state index < -0.39 is 0 Å². The Morgan fingerprint density at radius 2 is 1.38 bits per heavy atom. The molecule has 3 heteroatoms. The van der Waals surface area contributed by atoms with E-state index in [-0.39, 0.29) is 5.97 Å². The summed E-state index contributed by atoms with van der Waals surface area (Å²) in [6.07, 6.45) is 24.9. The third-order valence-electron chi connectivity index (χ3n) is 4.35. The van der Waals surface area contributed by atoms with E-state index in [1.54, 1.807) is 0 Å². The van der Waals surface area contributed by atoms with Gasteiger partial charge in [-0.1, -0.05) is 43.6 Å². The quantitative estimate of drug-likeness (QED) is 0.156. The Kier molecular flexibility index (Phi) is 13.5. The van der Waals surface area contributed by atoms with Crippen LogP contribution >= 0.6 is 0 Å². The molecule has 1 aliphatic rings. The monoisotopic (exact) mass is 336 g/mol. The molecule has 24 heavy (non-hydrogen) atoms. The van der Waals surface area contributed by atoms with Gasteiger partial charge in [0.25, 0.3) is 0 Å². The van der Waals surface area contributed by atoms with Gasteiger partial charge in [-0.15, -0.1) is 0 Å². The van der Waals surface area contributed by atoms with E-state index >= 15 is 0 Å². The minimum atomic E-state index is -0.105. The summed E-state index contributed by atoms with van der Waals surface area (Å²) in [5.41, 5.74) is 0. The summed E-state index contributed by atoms with van der Waals surface area (Å²) in [7, 11) is 1.44. The molecule has 1 aliphatic heterocycles. The highest BCUT2D eigenvalue weighted by Crippen LogP contribution is 2.16. The highest BCUT2D eigenvalue weighted by Gasteiger charge is 2.20. The van der Waals surface area contributed by atoms with E-state index in [1.807, 2.05) is 0 Å². The van der Waals surface area contributed by atoms with Gasteiger partial charge in [-0.3, -0.25) is 4.79 Å². The number of epoxide rings is 1. The van der Waals surface area contributed by atoms with Gasteiger partial charge in [0.2, 0.25) is 0 Å². The molecular formula is C21H36O3. The zero-order valence-electron chi connectivity index (χ0n) is 15.5. The third kappa shape index (κ3) is 14.5. The van der Waals surface area contributed by atoms with Crippen molar-refractivity contribution in [1.29, 1.82) is 0 Å². The molecule has 0 amide bonds. The number of methoxy groups -OCH3 is 1. The predicted octanol–water partition coefficient (Wildman–Crippen LogP) is 5.74. The number of esters is 1. The lowest BCUT2D eigenvalue weighted by Crippen LogP contribution is -1.98. The predicted molar refractivity (Wildman–Crippen MR) is 100 cm³/mol. The topological polar surface area (TPSA) is 38.8 Å². The first-order valence-corrected chi connectivity index (χ1v) is 9.81. The van der Waals surface area contributed by atoms with Crippen LogP contribution in [0.25, 0.3) is 0 Å². The van der Waals surface area contributed by atoms with Crippen LogP contribution in [0.1, 0.15) is 83.5 Å². The van der Waals surface area contributed by atoms with Crippen LogP contribution in [0, 0.1) is 0 Å². The summed E-state index contributed by atoms with van der Waals surface area (Å²) in [5, 5.41) is 0. The molecule has 0 unspecified atom stereocenters. The molecule has 1 atom stereocenters. The van der Waals surface area contributed by atoms with E-state index in [2.05, 4.69) is 29.0 Å². The Hall–Kier alpha value is -1.09. The first kappa shape index (κ1) is 21.0. The number of hydrogen-bond acceptors (Lipinski definition) is 3. The maximum atomic E-state index is 10.9. The van der Waals surface area contributed by atoms with Crippen LogP contribution < -0.4 is 0 Å². The lowest BCUT2D eigenvalue weighted by molar-refractivity contribution is -0.140. The summed E-state index contributed by atoms with van der Waals surface area (Å²) in [6, 6.07) is 0. The molecule has 0 aromatic heterocycles. The fraction of sp³-hybridized carbons (Fsp3) is 0.762. The summed E-state index contributed by atoms with van der Waals surface area (Å²) >= 11 is 0. The number of carbonyl (C=O) groups excluding carboxylic acids is 1. The normalized spacial score (nSPS) is 17.0. The number of allylic oxidation sites excluding steroid dienone is 4. The molecule has 0 saturated carbocycles. The lowest BCUT2D eigenvalue weighted by atomic mass is 10.1. The Morgan fingerprint density at radius 3 is 1.92 bits per heavy atom. The van der Waals surface area contributed by atoms with Crippen molar-refractivity contribution in [3.8, 4) is 0 Å². The van der Waals surface area contributed by atoms with Crippen molar-refractivity contribution < 1.29 is 14.3 Å². The fourth-order valence-corrected chi connectivity index (χ4v) is 2.69. The second-order valence-corrected chi connectivity index (χ2v) is 6.64. The number of carbonyl (C=O) groups is 1. The van der Waals surface area contributed by atoms with Crippen LogP contribution in [0.2, 0.25) is 0 Å². The Labute approximate surface area is 148 Å². The molecule has 138 valence electrons. The van der Waals surface area contributed by atoms with Gasteiger partial charge in [0.05, 0.1) is 19.8 Å². The number of rotatable bonds is 16. The third-order valence-corrected chi connectivity index (χ3v) is 4.35. The van der Waals surface area contributed by atoms with Crippen molar-refractivity contribution in [3.63, 3.8) is 0 Å². The Bertz CT molecular complexity index is 356. The molecule has 1 rings (SSSR count). The SMILES string of the molecule is COC(=O)CCC/C=C\CCCCCCC/C=C\CCC[C@H]1CO1. The largest absolute Gasteiger partial charge is 0.469 e. The molecule has 0 bridgehead atoms. The van der Waals surface area contributed by atoms with Gasteiger partial charge in [0, 0.05) is 6.42 Å². The molecule has 0 radical (unpaired) electrons. The van der Waals surface area contributed by atoms with Crippen molar-refractivity contribution in [3.05, 3.63) is 24.3 Å². The smallest absolute Gasteiger partial charge is 0.305 e. The van der Waals surface area contributed by atoms with E-state index in [4.69, 9.17) is 4.74 Å². The molecule has 3 nitrogen and oxygen atoms in total. The molecule has 0 N–H and O–H groups in total. The molecule has 1 heterocycles. The molecule has 1 fully saturated rings. The zero-order valence-corrected chi connectivity index (χ0v) is 15.5. The zero-order chi connectivity index (χ0) is 17.3. The summed E-state index contributed by atoms with van der Waals surface area (Å²) in [6.45, 7) is 0.995.